The fourth-order valence-electron chi connectivity index (χ4n) is 1.000. The van der Waals surface area contributed by atoms with Gasteiger partial charge in [-0.1, -0.05) is 0 Å². The maximum absolute atomic E-state index is 11.6. The van der Waals surface area contributed by atoms with Crippen LogP contribution < -0.4 is 5.14 Å². The lowest BCUT2D eigenvalue weighted by atomic mass is 10.4. The van der Waals surface area contributed by atoms with E-state index >= 15 is 0 Å². The van der Waals surface area contributed by atoms with Crippen molar-refractivity contribution in [1.82, 2.24) is 0 Å². The van der Waals surface area contributed by atoms with Crippen LogP contribution in [0, 0.1) is 0 Å². The second-order valence-corrected chi connectivity index (χ2v) is 6.47. The second kappa shape index (κ2) is 4.82. The maximum atomic E-state index is 11.6. The third-order valence-electron chi connectivity index (χ3n) is 1.52. The fourth-order valence-corrected chi connectivity index (χ4v) is 4.23. The smallest absolute Gasteiger partial charge is 0.350 e. The Morgan fingerprint density at radius 3 is 2.56 bits per heavy atom. The van der Waals surface area contributed by atoms with E-state index in [1.807, 2.05) is 0 Å². The Morgan fingerprint density at radius 2 is 2.12 bits per heavy atom. The van der Waals surface area contributed by atoms with Gasteiger partial charge >= 0.3 is 5.97 Å². The highest BCUT2D eigenvalue weighted by atomic mass is 79.9. The van der Waals surface area contributed by atoms with Crippen LogP contribution in [0.4, 0.5) is 0 Å². The summed E-state index contributed by atoms with van der Waals surface area (Å²) in [6.45, 7) is 3.36. The molecule has 1 rings (SSSR count). The van der Waals surface area contributed by atoms with Gasteiger partial charge in [0, 0.05) is 9.85 Å². The highest BCUT2D eigenvalue weighted by Gasteiger charge is 2.26. The molecule has 0 saturated heterocycles. The average Bonchev–Trinajstić information content (AvgIpc) is 2.44. The summed E-state index contributed by atoms with van der Waals surface area (Å²) in [5, 5.41) is 6.50. The molecule has 16 heavy (non-hydrogen) atoms. The largest absolute Gasteiger partial charge is 0.459 e. The molecule has 1 aromatic heterocycles. The number of nitrogens with two attached hydrogens (primary N) is 1. The van der Waals surface area contributed by atoms with Crippen LogP contribution in [0.25, 0.3) is 0 Å². The molecule has 0 saturated carbocycles. The minimum atomic E-state index is -3.94. The summed E-state index contributed by atoms with van der Waals surface area (Å²) in [5.74, 6) is -0.685. The molecule has 1 heterocycles. The van der Waals surface area contributed by atoms with Gasteiger partial charge in [-0.2, -0.15) is 0 Å². The zero-order valence-electron chi connectivity index (χ0n) is 8.56. The molecule has 90 valence electrons. The Labute approximate surface area is 106 Å². The molecule has 0 aliphatic heterocycles. The van der Waals surface area contributed by atoms with Crippen molar-refractivity contribution in [3.8, 4) is 0 Å². The van der Waals surface area contributed by atoms with Gasteiger partial charge in [0.25, 0.3) is 0 Å². The molecule has 0 aliphatic carbocycles. The van der Waals surface area contributed by atoms with E-state index in [-0.39, 0.29) is 20.3 Å². The highest BCUT2D eigenvalue weighted by Crippen LogP contribution is 2.31. The molecule has 0 amide bonds. The SMILES string of the molecule is CC(C)OC(=O)c1scc(Br)c1S(N)(=O)=O. The van der Waals surface area contributed by atoms with Crippen molar-refractivity contribution in [3.05, 3.63) is 14.7 Å². The van der Waals surface area contributed by atoms with Gasteiger partial charge in [0.05, 0.1) is 6.10 Å². The van der Waals surface area contributed by atoms with Crippen molar-refractivity contribution in [2.24, 2.45) is 5.14 Å². The summed E-state index contributed by atoms with van der Waals surface area (Å²) in [7, 11) is -3.94. The average molecular weight is 328 g/mol. The van der Waals surface area contributed by atoms with Crippen molar-refractivity contribution in [1.29, 1.82) is 0 Å². The first-order valence-corrected chi connectivity index (χ1v) is 7.46. The third kappa shape index (κ3) is 3.03. The summed E-state index contributed by atoms with van der Waals surface area (Å²) < 4.78 is 27.7. The van der Waals surface area contributed by atoms with Crippen LogP contribution in [0.15, 0.2) is 14.7 Å². The number of thiophene rings is 1. The van der Waals surface area contributed by atoms with E-state index in [1.165, 1.54) is 5.38 Å². The first-order chi connectivity index (χ1) is 7.23. The first kappa shape index (κ1) is 13.6. The zero-order valence-corrected chi connectivity index (χ0v) is 11.8. The van der Waals surface area contributed by atoms with E-state index in [0.29, 0.717) is 0 Å². The molecule has 0 aliphatic rings. The summed E-state index contributed by atoms with van der Waals surface area (Å²) in [5.41, 5.74) is 0. The van der Waals surface area contributed by atoms with Gasteiger partial charge in [-0.25, -0.2) is 18.4 Å². The number of halogens is 1. The molecule has 0 aromatic carbocycles. The van der Waals surface area contributed by atoms with E-state index in [9.17, 15) is 13.2 Å². The number of carbonyl (C=O) groups excluding carboxylic acids is 1. The van der Waals surface area contributed by atoms with E-state index in [2.05, 4.69) is 15.9 Å². The van der Waals surface area contributed by atoms with Crippen LogP contribution in [-0.4, -0.2) is 20.5 Å². The number of primary sulfonamides is 1. The molecule has 8 heteroatoms. The molecule has 5 nitrogen and oxygen atoms in total. The van der Waals surface area contributed by atoms with Crippen LogP contribution in [0.5, 0.6) is 0 Å². The van der Waals surface area contributed by atoms with E-state index < -0.39 is 16.0 Å². The Balaban J connectivity index is 3.22. The van der Waals surface area contributed by atoms with Crippen LogP contribution in [0.3, 0.4) is 0 Å². The van der Waals surface area contributed by atoms with Gasteiger partial charge in [-0.3, -0.25) is 0 Å². The minimum Gasteiger partial charge on any atom is -0.459 e. The Hall–Kier alpha value is -0.440. The zero-order chi connectivity index (χ0) is 12.5. The lowest BCUT2D eigenvalue weighted by Gasteiger charge is -2.07. The number of hydrogen-bond donors (Lipinski definition) is 1. The Morgan fingerprint density at radius 1 is 1.56 bits per heavy atom. The van der Waals surface area contributed by atoms with Gasteiger partial charge in [0.15, 0.2) is 0 Å². The summed E-state index contributed by atoms with van der Waals surface area (Å²) in [6.07, 6.45) is -0.318. The minimum absolute atomic E-state index is 0.0110. The first-order valence-electron chi connectivity index (χ1n) is 4.24. The fraction of sp³-hybridized carbons (Fsp3) is 0.375. The Bertz CT molecular complexity index is 506. The Kier molecular flexibility index (Phi) is 4.11. The molecule has 0 fully saturated rings. The third-order valence-corrected chi connectivity index (χ3v) is 4.79. The maximum Gasteiger partial charge on any atom is 0.350 e. The number of hydrogen-bond acceptors (Lipinski definition) is 5. The number of esters is 1. The van der Waals surface area contributed by atoms with E-state index in [1.54, 1.807) is 13.8 Å². The van der Waals surface area contributed by atoms with Crippen LogP contribution in [0.2, 0.25) is 0 Å². The molecular formula is C8H10BrNO4S2. The number of ether oxygens (including phenoxy) is 1. The molecular weight excluding hydrogens is 318 g/mol. The van der Waals surface area contributed by atoms with Gasteiger partial charge < -0.3 is 4.74 Å². The van der Waals surface area contributed by atoms with Crippen molar-refractivity contribution in [2.45, 2.75) is 24.8 Å². The van der Waals surface area contributed by atoms with Crippen LogP contribution in [0.1, 0.15) is 23.5 Å². The summed E-state index contributed by atoms with van der Waals surface area (Å²) >= 11 is 4.00. The highest BCUT2D eigenvalue weighted by molar-refractivity contribution is 9.10. The van der Waals surface area contributed by atoms with Gasteiger partial charge in [-0.15, -0.1) is 11.3 Å². The van der Waals surface area contributed by atoms with Crippen molar-refractivity contribution in [3.63, 3.8) is 0 Å². The molecule has 0 spiro atoms. The number of rotatable bonds is 3. The second-order valence-electron chi connectivity index (χ2n) is 3.24. The molecule has 0 bridgehead atoms. The van der Waals surface area contributed by atoms with Gasteiger partial charge in [0.1, 0.15) is 9.77 Å². The predicted octanol–water partition coefficient (Wildman–Crippen LogP) is 1.72. The predicted molar refractivity (Wildman–Crippen MR) is 63.9 cm³/mol. The number of carbonyl (C=O) groups is 1. The topological polar surface area (TPSA) is 86.5 Å². The van der Waals surface area contributed by atoms with Crippen molar-refractivity contribution < 1.29 is 17.9 Å². The van der Waals surface area contributed by atoms with Gasteiger partial charge in [0.2, 0.25) is 10.0 Å². The molecule has 0 unspecified atom stereocenters. The monoisotopic (exact) mass is 327 g/mol. The molecule has 2 N–H and O–H groups in total. The van der Waals surface area contributed by atoms with Crippen LogP contribution in [-0.2, 0) is 14.8 Å². The molecule has 0 radical (unpaired) electrons. The van der Waals surface area contributed by atoms with E-state index in [4.69, 9.17) is 9.88 Å². The molecule has 0 atom stereocenters. The quantitative estimate of drug-likeness (QED) is 0.856. The molecule has 1 aromatic rings. The standard InChI is InChI=1S/C8H10BrNO4S2/c1-4(2)14-8(11)6-7(16(10,12)13)5(9)3-15-6/h3-4H,1-2H3,(H2,10,12,13). The summed E-state index contributed by atoms with van der Waals surface area (Å²) in [4.78, 5) is 11.4. The van der Waals surface area contributed by atoms with Crippen molar-refractivity contribution in [2.75, 3.05) is 0 Å². The summed E-state index contributed by atoms with van der Waals surface area (Å²) in [6, 6.07) is 0. The number of sulfonamides is 1. The van der Waals surface area contributed by atoms with E-state index in [0.717, 1.165) is 11.3 Å². The van der Waals surface area contributed by atoms with Crippen LogP contribution >= 0.6 is 27.3 Å². The lowest BCUT2D eigenvalue weighted by Crippen LogP contribution is -2.18. The normalized spacial score (nSPS) is 11.8. The van der Waals surface area contributed by atoms with Gasteiger partial charge in [-0.05, 0) is 29.8 Å². The van der Waals surface area contributed by atoms with Crippen molar-refractivity contribution >= 4 is 43.3 Å². The lowest BCUT2D eigenvalue weighted by molar-refractivity contribution is 0.0379.